The van der Waals surface area contributed by atoms with Crippen molar-refractivity contribution in [3.8, 4) is 5.75 Å². The maximum Gasteiger partial charge on any atom is 0.276 e. The van der Waals surface area contributed by atoms with E-state index in [2.05, 4.69) is 15.1 Å². The Kier molecular flexibility index (Phi) is 4.94. The van der Waals surface area contributed by atoms with Gasteiger partial charge in [-0.15, -0.1) is 0 Å². The van der Waals surface area contributed by atoms with Gasteiger partial charge in [0.05, 0.1) is 29.7 Å². The Morgan fingerprint density at radius 1 is 1.29 bits per heavy atom. The average Bonchev–Trinajstić information content (AvgIpc) is 3.33. The maximum atomic E-state index is 12.6. The Morgan fingerprint density at radius 3 is 3.04 bits per heavy atom. The van der Waals surface area contributed by atoms with Crippen LogP contribution in [0.25, 0.3) is 5.65 Å². The summed E-state index contributed by atoms with van der Waals surface area (Å²) < 4.78 is 12.7. The van der Waals surface area contributed by atoms with Crippen LogP contribution < -0.4 is 4.74 Å². The minimum atomic E-state index is -0.259. The summed E-state index contributed by atoms with van der Waals surface area (Å²) in [6, 6.07) is 8.94. The van der Waals surface area contributed by atoms with Gasteiger partial charge in [-0.05, 0) is 12.1 Å². The molecule has 142 valence electrons. The number of halogens is 1. The lowest BCUT2D eigenvalue weighted by Crippen LogP contribution is -2.27. The Balaban J connectivity index is 1.40. The van der Waals surface area contributed by atoms with Crippen molar-refractivity contribution < 1.29 is 14.1 Å². The zero-order valence-electron chi connectivity index (χ0n) is 14.9. The number of aromatic nitrogens is 4. The number of imidazole rings is 1. The molecule has 0 unspecified atom stereocenters. The number of carbonyl (C=O) groups is 1. The number of nitrogens with zero attached hydrogens (tertiary/aromatic N) is 5. The summed E-state index contributed by atoms with van der Waals surface area (Å²) in [6.07, 6.45) is 6.71. The van der Waals surface area contributed by atoms with Gasteiger partial charge in [0.25, 0.3) is 5.91 Å². The molecule has 28 heavy (non-hydrogen) atoms. The van der Waals surface area contributed by atoms with E-state index in [-0.39, 0.29) is 18.2 Å². The van der Waals surface area contributed by atoms with E-state index in [0.29, 0.717) is 23.1 Å². The van der Waals surface area contributed by atoms with Crippen LogP contribution in [0.15, 0.2) is 59.6 Å². The van der Waals surface area contributed by atoms with E-state index in [1.54, 1.807) is 30.3 Å². The maximum absolute atomic E-state index is 12.6. The quantitative estimate of drug-likeness (QED) is 0.496. The van der Waals surface area contributed by atoms with Crippen molar-refractivity contribution in [3.05, 3.63) is 77.3 Å². The highest BCUT2D eigenvalue weighted by Crippen LogP contribution is 2.17. The van der Waals surface area contributed by atoms with Crippen LogP contribution in [-0.2, 0) is 13.2 Å². The van der Waals surface area contributed by atoms with Crippen molar-refractivity contribution in [2.75, 3.05) is 7.05 Å². The van der Waals surface area contributed by atoms with E-state index in [4.69, 9.17) is 20.9 Å². The van der Waals surface area contributed by atoms with Gasteiger partial charge in [-0.3, -0.25) is 9.78 Å². The second kappa shape index (κ2) is 7.69. The Labute approximate surface area is 165 Å². The number of hydrogen-bond donors (Lipinski definition) is 0. The van der Waals surface area contributed by atoms with E-state index in [0.717, 1.165) is 11.3 Å². The SMILES string of the molecule is CN(Cc1cnc2ccccn12)C(=O)c1cc(COc2cncc(Cl)c2)on1. The molecule has 0 aliphatic rings. The van der Waals surface area contributed by atoms with E-state index in [9.17, 15) is 4.79 Å². The molecular formula is C19H16ClN5O3. The molecule has 4 heterocycles. The number of fused-ring (bicyclic) bond motifs is 1. The minimum Gasteiger partial charge on any atom is -0.484 e. The Morgan fingerprint density at radius 2 is 2.18 bits per heavy atom. The van der Waals surface area contributed by atoms with Crippen molar-refractivity contribution in [2.45, 2.75) is 13.2 Å². The normalized spacial score (nSPS) is 10.9. The number of pyridine rings is 2. The second-order valence-electron chi connectivity index (χ2n) is 6.15. The molecule has 0 bridgehead atoms. The Bertz CT molecular complexity index is 1120. The summed E-state index contributed by atoms with van der Waals surface area (Å²) in [6.45, 7) is 0.496. The average molecular weight is 398 g/mol. The highest BCUT2D eigenvalue weighted by Gasteiger charge is 2.18. The molecule has 4 aromatic heterocycles. The Hall–Kier alpha value is -3.39. The molecule has 1 amide bonds. The van der Waals surface area contributed by atoms with Crippen LogP contribution in [0, 0.1) is 0 Å². The molecular weight excluding hydrogens is 382 g/mol. The number of ether oxygens (including phenoxy) is 1. The van der Waals surface area contributed by atoms with E-state index in [1.807, 2.05) is 28.8 Å². The lowest BCUT2D eigenvalue weighted by atomic mass is 10.3. The molecule has 0 aromatic carbocycles. The fourth-order valence-corrected chi connectivity index (χ4v) is 2.88. The first-order chi connectivity index (χ1) is 13.6. The lowest BCUT2D eigenvalue weighted by molar-refractivity contribution is 0.0772. The molecule has 8 nitrogen and oxygen atoms in total. The first-order valence-electron chi connectivity index (χ1n) is 8.45. The summed E-state index contributed by atoms with van der Waals surface area (Å²) in [5.41, 5.74) is 1.93. The zero-order chi connectivity index (χ0) is 19.5. The van der Waals surface area contributed by atoms with Gasteiger partial charge >= 0.3 is 0 Å². The molecule has 0 N–H and O–H groups in total. The van der Waals surface area contributed by atoms with Gasteiger partial charge in [0.1, 0.15) is 18.0 Å². The molecule has 0 fully saturated rings. The molecule has 0 aliphatic carbocycles. The fourth-order valence-electron chi connectivity index (χ4n) is 2.72. The van der Waals surface area contributed by atoms with Crippen LogP contribution in [0.1, 0.15) is 21.9 Å². The van der Waals surface area contributed by atoms with Gasteiger partial charge in [0, 0.05) is 31.6 Å². The predicted molar refractivity (Wildman–Crippen MR) is 101 cm³/mol. The minimum absolute atomic E-state index is 0.110. The predicted octanol–water partition coefficient (Wildman–Crippen LogP) is 3.22. The topological polar surface area (TPSA) is 85.8 Å². The van der Waals surface area contributed by atoms with Gasteiger partial charge in [-0.2, -0.15) is 0 Å². The molecule has 0 atom stereocenters. The van der Waals surface area contributed by atoms with Crippen molar-refractivity contribution in [2.24, 2.45) is 0 Å². The highest BCUT2D eigenvalue weighted by molar-refractivity contribution is 6.30. The first kappa shape index (κ1) is 18.0. The van der Waals surface area contributed by atoms with Crippen LogP contribution in [-0.4, -0.2) is 37.4 Å². The van der Waals surface area contributed by atoms with Gasteiger partial charge in [-0.1, -0.05) is 22.8 Å². The fraction of sp³-hybridized carbons (Fsp3) is 0.158. The number of amides is 1. The second-order valence-corrected chi connectivity index (χ2v) is 6.58. The van der Waals surface area contributed by atoms with Gasteiger partial charge < -0.3 is 18.6 Å². The monoisotopic (exact) mass is 397 g/mol. The third kappa shape index (κ3) is 3.81. The molecule has 0 saturated heterocycles. The zero-order valence-corrected chi connectivity index (χ0v) is 15.7. The molecule has 4 aromatic rings. The highest BCUT2D eigenvalue weighted by atomic mass is 35.5. The molecule has 0 radical (unpaired) electrons. The van der Waals surface area contributed by atoms with Crippen LogP contribution in [0.3, 0.4) is 0 Å². The van der Waals surface area contributed by atoms with E-state index >= 15 is 0 Å². The number of carbonyl (C=O) groups excluding carboxylic acids is 1. The number of hydrogen-bond acceptors (Lipinski definition) is 6. The van der Waals surface area contributed by atoms with Crippen LogP contribution in [0.5, 0.6) is 5.75 Å². The third-order valence-electron chi connectivity index (χ3n) is 4.08. The number of rotatable bonds is 6. The van der Waals surface area contributed by atoms with Crippen LogP contribution >= 0.6 is 11.6 Å². The van der Waals surface area contributed by atoms with Gasteiger partial charge in [0.2, 0.25) is 0 Å². The molecule has 0 saturated carbocycles. The largest absolute Gasteiger partial charge is 0.484 e. The summed E-state index contributed by atoms with van der Waals surface area (Å²) in [5.74, 6) is 0.665. The summed E-state index contributed by atoms with van der Waals surface area (Å²) >= 11 is 5.87. The molecule has 4 rings (SSSR count). The molecule has 0 aliphatic heterocycles. The summed E-state index contributed by atoms with van der Waals surface area (Å²) in [5, 5.41) is 4.32. The van der Waals surface area contributed by atoms with Gasteiger partial charge in [0.15, 0.2) is 11.5 Å². The van der Waals surface area contributed by atoms with E-state index < -0.39 is 0 Å². The smallest absolute Gasteiger partial charge is 0.276 e. The summed E-state index contributed by atoms with van der Waals surface area (Å²) in [4.78, 5) is 22.5. The standard InChI is InChI=1S/C19H16ClN5O3/c1-24(11-14-9-22-18-4-2-3-5-25(14)18)19(26)17-7-16(28-23-17)12-27-15-6-13(20)8-21-10-15/h2-10H,11-12H2,1H3. The van der Waals surface area contributed by atoms with Crippen molar-refractivity contribution in [1.29, 1.82) is 0 Å². The lowest BCUT2D eigenvalue weighted by Gasteiger charge is -2.15. The third-order valence-corrected chi connectivity index (χ3v) is 4.29. The first-order valence-corrected chi connectivity index (χ1v) is 8.83. The van der Waals surface area contributed by atoms with E-state index in [1.165, 1.54) is 12.4 Å². The van der Waals surface area contributed by atoms with Crippen molar-refractivity contribution in [1.82, 2.24) is 24.4 Å². The van der Waals surface area contributed by atoms with Crippen LogP contribution in [0.2, 0.25) is 5.02 Å². The van der Waals surface area contributed by atoms with Crippen molar-refractivity contribution >= 4 is 23.2 Å². The summed E-state index contributed by atoms with van der Waals surface area (Å²) in [7, 11) is 1.70. The molecule has 0 spiro atoms. The van der Waals surface area contributed by atoms with Gasteiger partial charge in [-0.25, -0.2) is 4.98 Å². The molecule has 9 heteroatoms. The van der Waals surface area contributed by atoms with Crippen LogP contribution in [0.4, 0.5) is 0 Å². The van der Waals surface area contributed by atoms with Crippen molar-refractivity contribution in [3.63, 3.8) is 0 Å².